The summed E-state index contributed by atoms with van der Waals surface area (Å²) in [5, 5.41) is 1.34. The molecule has 1 nitrogen and oxygen atoms in total. The molecule has 0 saturated heterocycles. The van der Waals surface area contributed by atoms with E-state index in [1.807, 2.05) is 0 Å². The zero-order valence-electron chi connectivity index (χ0n) is 14.0. The molecule has 116 valence electrons. The molecule has 5 rings (SSSR count). The molecule has 0 saturated carbocycles. The maximum atomic E-state index is 2.45. The summed E-state index contributed by atoms with van der Waals surface area (Å²) in [4.78, 5) is 0. The van der Waals surface area contributed by atoms with E-state index in [2.05, 4.69) is 97.3 Å². The van der Waals surface area contributed by atoms with E-state index in [1.165, 1.54) is 39.0 Å². The third-order valence-corrected chi connectivity index (χ3v) is 5.35. The van der Waals surface area contributed by atoms with Crippen molar-refractivity contribution in [1.29, 1.82) is 0 Å². The Kier molecular flexibility index (Phi) is 2.62. The third-order valence-electron chi connectivity index (χ3n) is 5.35. The van der Waals surface area contributed by atoms with E-state index < -0.39 is 0 Å². The minimum atomic E-state index is -0.0131. The minimum absolute atomic E-state index is 0.0131. The lowest BCUT2D eigenvalue weighted by molar-refractivity contribution is 0.624. The maximum Gasteiger partial charge on any atom is 0.0538 e. The fourth-order valence-corrected chi connectivity index (χ4v) is 4.32. The van der Waals surface area contributed by atoms with Crippen molar-refractivity contribution in [1.82, 2.24) is 4.57 Å². The fourth-order valence-electron chi connectivity index (χ4n) is 4.32. The van der Waals surface area contributed by atoms with Crippen LogP contribution in [0.1, 0.15) is 25.1 Å². The van der Waals surface area contributed by atoms with Crippen LogP contribution < -0.4 is 0 Å². The summed E-state index contributed by atoms with van der Waals surface area (Å²) in [6, 6.07) is 28.3. The van der Waals surface area contributed by atoms with Crippen LogP contribution in [-0.4, -0.2) is 4.57 Å². The van der Waals surface area contributed by atoms with Gasteiger partial charge in [-0.1, -0.05) is 74.5 Å². The molecule has 0 atom stereocenters. The van der Waals surface area contributed by atoms with Crippen LogP contribution in [0.5, 0.6) is 0 Å². The Hall–Kier alpha value is -2.80. The Morgan fingerprint density at radius 2 is 1.38 bits per heavy atom. The molecule has 4 aromatic rings. The van der Waals surface area contributed by atoms with E-state index in [0.717, 1.165) is 0 Å². The molecule has 24 heavy (non-hydrogen) atoms. The number of benzene rings is 3. The number of para-hydroxylation sites is 2. The average molecular weight is 309 g/mol. The molecule has 0 spiro atoms. The van der Waals surface area contributed by atoms with Gasteiger partial charge >= 0.3 is 0 Å². The molecular formula is C23H19N. The summed E-state index contributed by atoms with van der Waals surface area (Å²) >= 11 is 0. The maximum absolute atomic E-state index is 2.45. The van der Waals surface area contributed by atoms with E-state index in [9.17, 15) is 0 Å². The smallest absolute Gasteiger partial charge is 0.0538 e. The molecule has 1 heteroatoms. The van der Waals surface area contributed by atoms with Gasteiger partial charge in [0.15, 0.2) is 0 Å². The van der Waals surface area contributed by atoms with Crippen LogP contribution in [0.2, 0.25) is 0 Å². The molecule has 1 aliphatic carbocycles. The van der Waals surface area contributed by atoms with Crippen molar-refractivity contribution in [3.8, 4) is 16.8 Å². The normalized spacial score (nSPS) is 14.6. The Balaban J connectivity index is 2.00. The van der Waals surface area contributed by atoms with Crippen LogP contribution >= 0.6 is 0 Å². The Labute approximate surface area is 142 Å². The monoisotopic (exact) mass is 309 g/mol. The van der Waals surface area contributed by atoms with Crippen molar-refractivity contribution in [3.63, 3.8) is 0 Å². The van der Waals surface area contributed by atoms with Crippen molar-refractivity contribution >= 4 is 10.9 Å². The SMILES string of the molecule is CC1(C)c2ccccc2-c2c1n(-c1ccccc1)c1ccccc21. The van der Waals surface area contributed by atoms with Gasteiger partial charge in [0.05, 0.1) is 5.52 Å². The highest BCUT2D eigenvalue weighted by Crippen LogP contribution is 2.53. The highest BCUT2D eigenvalue weighted by atomic mass is 15.0. The summed E-state index contributed by atoms with van der Waals surface area (Å²) < 4.78 is 2.45. The van der Waals surface area contributed by atoms with Crippen LogP contribution in [-0.2, 0) is 5.41 Å². The molecule has 0 amide bonds. The lowest BCUT2D eigenvalue weighted by Crippen LogP contribution is -2.19. The number of nitrogens with zero attached hydrogens (tertiary/aromatic N) is 1. The van der Waals surface area contributed by atoms with Crippen LogP contribution in [0, 0.1) is 0 Å². The second-order valence-electron chi connectivity index (χ2n) is 7.08. The second kappa shape index (κ2) is 4.61. The molecule has 0 radical (unpaired) electrons. The molecule has 1 aliphatic rings. The Morgan fingerprint density at radius 1 is 0.708 bits per heavy atom. The number of rotatable bonds is 1. The molecule has 0 N–H and O–H groups in total. The first-order valence-electron chi connectivity index (χ1n) is 8.49. The summed E-state index contributed by atoms with van der Waals surface area (Å²) in [5.41, 5.74) is 8.10. The van der Waals surface area contributed by atoms with Crippen LogP contribution in [0.3, 0.4) is 0 Å². The Morgan fingerprint density at radius 3 is 2.21 bits per heavy atom. The standard InChI is InChI=1S/C23H19N/c1-23(2)19-14-8-6-12-17(19)21-18-13-7-9-15-20(18)24(22(21)23)16-10-4-3-5-11-16/h3-15H,1-2H3. The topological polar surface area (TPSA) is 4.93 Å². The summed E-state index contributed by atoms with van der Waals surface area (Å²) in [6.07, 6.45) is 0. The largest absolute Gasteiger partial charge is 0.312 e. The van der Waals surface area contributed by atoms with Gasteiger partial charge in [-0.3, -0.25) is 0 Å². The molecule has 3 aromatic carbocycles. The van der Waals surface area contributed by atoms with Crippen molar-refractivity contribution < 1.29 is 0 Å². The number of hydrogen-bond donors (Lipinski definition) is 0. The van der Waals surface area contributed by atoms with Gasteiger partial charge in [0.1, 0.15) is 0 Å². The van der Waals surface area contributed by atoms with Gasteiger partial charge in [-0.2, -0.15) is 0 Å². The molecule has 1 aromatic heterocycles. The molecule has 1 heterocycles. The van der Waals surface area contributed by atoms with Crippen molar-refractivity contribution in [2.75, 3.05) is 0 Å². The zero-order chi connectivity index (χ0) is 16.3. The quantitative estimate of drug-likeness (QED) is 0.410. The van der Waals surface area contributed by atoms with Gasteiger partial charge in [0.25, 0.3) is 0 Å². The second-order valence-corrected chi connectivity index (χ2v) is 7.08. The highest BCUT2D eigenvalue weighted by molar-refractivity contribution is 6.03. The third kappa shape index (κ3) is 1.59. The van der Waals surface area contributed by atoms with E-state index in [0.29, 0.717) is 0 Å². The van der Waals surface area contributed by atoms with E-state index in [-0.39, 0.29) is 5.41 Å². The van der Waals surface area contributed by atoms with Gasteiger partial charge in [0.2, 0.25) is 0 Å². The van der Waals surface area contributed by atoms with E-state index in [1.54, 1.807) is 0 Å². The molecule has 0 bridgehead atoms. The van der Waals surface area contributed by atoms with Crippen LogP contribution in [0.4, 0.5) is 0 Å². The van der Waals surface area contributed by atoms with Crippen molar-refractivity contribution in [3.05, 3.63) is 90.1 Å². The van der Waals surface area contributed by atoms with Crippen LogP contribution in [0.25, 0.3) is 27.7 Å². The predicted molar refractivity (Wildman–Crippen MR) is 101 cm³/mol. The summed E-state index contributed by atoms with van der Waals surface area (Å²) in [5.74, 6) is 0. The summed E-state index contributed by atoms with van der Waals surface area (Å²) in [7, 11) is 0. The van der Waals surface area contributed by atoms with Gasteiger partial charge in [-0.15, -0.1) is 0 Å². The Bertz CT molecular complexity index is 1050. The van der Waals surface area contributed by atoms with Crippen molar-refractivity contribution in [2.45, 2.75) is 19.3 Å². The van der Waals surface area contributed by atoms with Gasteiger partial charge in [0, 0.05) is 27.7 Å². The van der Waals surface area contributed by atoms with E-state index in [4.69, 9.17) is 0 Å². The first-order chi connectivity index (χ1) is 11.7. The minimum Gasteiger partial charge on any atom is -0.312 e. The zero-order valence-corrected chi connectivity index (χ0v) is 14.0. The average Bonchev–Trinajstić information content (AvgIpc) is 3.08. The number of hydrogen-bond acceptors (Lipinski definition) is 0. The number of fused-ring (bicyclic) bond motifs is 5. The fraction of sp³-hybridized carbons (Fsp3) is 0.130. The molecule has 0 fully saturated rings. The van der Waals surface area contributed by atoms with Crippen LogP contribution in [0.15, 0.2) is 78.9 Å². The lowest BCUT2D eigenvalue weighted by Gasteiger charge is -2.24. The lowest BCUT2D eigenvalue weighted by atomic mass is 9.85. The number of aromatic nitrogens is 1. The van der Waals surface area contributed by atoms with E-state index >= 15 is 0 Å². The van der Waals surface area contributed by atoms with Crippen molar-refractivity contribution in [2.24, 2.45) is 0 Å². The van der Waals surface area contributed by atoms with Gasteiger partial charge in [-0.25, -0.2) is 0 Å². The highest BCUT2D eigenvalue weighted by Gasteiger charge is 2.40. The first-order valence-corrected chi connectivity index (χ1v) is 8.49. The molecule has 0 unspecified atom stereocenters. The first kappa shape index (κ1) is 13.6. The molecule has 0 aliphatic heterocycles. The predicted octanol–water partition coefficient (Wildman–Crippen LogP) is 5.94. The van der Waals surface area contributed by atoms with Gasteiger partial charge in [-0.05, 0) is 29.3 Å². The van der Waals surface area contributed by atoms with Gasteiger partial charge < -0.3 is 4.57 Å². The molecular weight excluding hydrogens is 290 g/mol. The summed E-state index contributed by atoms with van der Waals surface area (Å²) in [6.45, 7) is 4.69.